The molecule has 0 bridgehead atoms. The summed E-state index contributed by atoms with van der Waals surface area (Å²) in [4.78, 5) is 12.4. The first-order valence-electron chi connectivity index (χ1n) is 11.2. The van der Waals surface area contributed by atoms with Crippen LogP contribution in [0.1, 0.15) is 41.7 Å². The monoisotopic (exact) mass is 438 g/mol. The molecule has 5 heteroatoms. The van der Waals surface area contributed by atoms with Gasteiger partial charge in [0.1, 0.15) is 6.04 Å². The number of hydrogen-bond donors (Lipinski definition) is 0. The van der Waals surface area contributed by atoms with E-state index in [4.69, 9.17) is 9.98 Å². The van der Waals surface area contributed by atoms with Crippen molar-refractivity contribution in [2.24, 2.45) is 4.99 Å². The van der Waals surface area contributed by atoms with E-state index < -0.39 is 0 Å². The molecule has 0 saturated carbocycles. The normalized spacial score (nSPS) is 22.4. The van der Waals surface area contributed by atoms with Crippen molar-refractivity contribution in [1.29, 1.82) is 0 Å². The summed E-state index contributed by atoms with van der Waals surface area (Å²) in [6, 6.07) is 23.9. The first-order chi connectivity index (χ1) is 15.6. The zero-order valence-corrected chi connectivity index (χ0v) is 19.4. The van der Waals surface area contributed by atoms with Gasteiger partial charge in [0.25, 0.3) is 0 Å². The molecule has 1 saturated heterocycles. The molecule has 0 aliphatic carbocycles. The highest BCUT2D eigenvalue weighted by atomic mass is 32.2. The summed E-state index contributed by atoms with van der Waals surface area (Å²) in [5.74, 6) is 0. The molecule has 32 heavy (non-hydrogen) atoms. The lowest BCUT2D eigenvalue weighted by Crippen LogP contribution is -2.28. The smallest absolute Gasteiger partial charge is 0.160 e. The molecule has 0 unspecified atom stereocenters. The molecular formula is C27H26N4S. The van der Waals surface area contributed by atoms with Gasteiger partial charge in [-0.2, -0.15) is 0 Å². The van der Waals surface area contributed by atoms with Crippen molar-refractivity contribution in [2.45, 2.75) is 38.1 Å². The van der Waals surface area contributed by atoms with Crippen molar-refractivity contribution in [2.75, 3.05) is 6.54 Å². The van der Waals surface area contributed by atoms with E-state index in [0.717, 1.165) is 17.4 Å². The predicted molar refractivity (Wildman–Crippen MR) is 134 cm³/mol. The highest BCUT2D eigenvalue weighted by molar-refractivity contribution is 8.14. The Morgan fingerprint density at radius 3 is 2.62 bits per heavy atom. The van der Waals surface area contributed by atoms with Crippen LogP contribution >= 0.6 is 11.8 Å². The third kappa shape index (κ3) is 2.99. The first kappa shape index (κ1) is 19.6. The molecule has 2 aliphatic rings. The maximum Gasteiger partial charge on any atom is 0.160 e. The SMILES string of the molecule is Cc1cc([C@H]2[C@@H](c3ccccn3)N=C3S[C@@H](C)CN32)c(C)n1-c1cccc2ccccc12. The molecule has 0 radical (unpaired) electrons. The Hall–Kier alpha value is -3.05. The van der Waals surface area contributed by atoms with E-state index in [1.54, 1.807) is 0 Å². The molecule has 2 aromatic heterocycles. The summed E-state index contributed by atoms with van der Waals surface area (Å²) >= 11 is 1.89. The number of benzene rings is 2. The van der Waals surface area contributed by atoms with Gasteiger partial charge in [-0.05, 0) is 49.1 Å². The highest BCUT2D eigenvalue weighted by Gasteiger charge is 2.44. The minimum atomic E-state index is 0.0210. The van der Waals surface area contributed by atoms with Crippen LogP contribution in [0.25, 0.3) is 16.5 Å². The summed E-state index contributed by atoms with van der Waals surface area (Å²) in [5, 5.41) is 4.26. The van der Waals surface area contributed by atoms with Crippen LogP contribution < -0.4 is 0 Å². The van der Waals surface area contributed by atoms with E-state index in [1.807, 2.05) is 24.0 Å². The first-order valence-corrected chi connectivity index (χ1v) is 12.1. The zero-order valence-electron chi connectivity index (χ0n) is 18.6. The second-order valence-electron chi connectivity index (χ2n) is 8.80. The van der Waals surface area contributed by atoms with Crippen LogP contribution in [-0.2, 0) is 0 Å². The fraction of sp³-hybridized carbons (Fsp3) is 0.259. The molecule has 4 nitrogen and oxygen atoms in total. The van der Waals surface area contributed by atoms with Crippen molar-refractivity contribution in [3.63, 3.8) is 0 Å². The van der Waals surface area contributed by atoms with Gasteiger partial charge in [0.15, 0.2) is 5.17 Å². The summed E-state index contributed by atoms with van der Waals surface area (Å²) < 4.78 is 2.41. The van der Waals surface area contributed by atoms with Gasteiger partial charge in [-0.15, -0.1) is 0 Å². The molecule has 0 N–H and O–H groups in total. The molecule has 0 spiro atoms. The Morgan fingerprint density at radius 1 is 0.969 bits per heavy atom. The largest absolute Gasteiger partial charge is 0.341 e. The van der Waals surface area contributed by atoms with Crippen molar-refractivity contribution in [3.8, 4) is 5.69 Å². The van der Waals surface area contributed by atoms with E-state index in [0.29, 0.717) is 5.25 Å². The number of thioether (sulfide) groups is 1. The molecule has 2 aliphatic heterocycles. The van der Waals surface area contributed by atoms with E-state index in [-0.39, 0.29) is 12.1 Å². The van der Waals surface area contributed by atoms with Gasteiger partial charge in [-0.1, -0.05) is 61.2 Å². The summed E-state index contributed by atoms with van der Waals surface area (Å²) in [5.41, 5.74) is 6.16. The van der Waals surface area contributed by atoms with Crippen LogP contribution in [0.3, 0.4) is 0 Å². The van der Waals surface area contributed by atoms with Gasteiger partial charge < -0.3 is 9.47 Å². The number of rotatable bonds is 3. The lowest BCUT2D eigenvalue weighted by Gasteiger charge is -2.27. The molecule has 4 heterocycles. The van der Waals surface area contributed by atoms with E-state index >= 15 is 0 Å². The summed E-state index contributed by atoms with van der Waals surface area (Å²) in [6.07, 6.45) is 1.88. The van der Waals surface area contributed by atoms with Crippen LogP contribution in [0.4, 0.5) is 0 Å². The highest BCUT2D eigenvalue weighted by Crippen LogP contribution is 2.49. The number of fused-ring (bicyclic) bond motifs is 2. The molecule has 1 fully saturated rings. The van der Waals surface area contributed by atoms with Crippen LogP contribution in [0.5, 0.6) is 0 Å². The number of pyridine rings is 1. The van der Waals surface area contributed by atoms with Crippen LogP contribution in [-0.4, -0.2) is 31.4 Å². The summed E-state index contributed by atoms with van der Waals surface area (Å²) in [6.45, 7) is 7.78. The number of aromatic nitrogens is 2. The van der Waals surface area contributed by atoms with E-state index in [2.05, 4.69) is 90.9 Å². The van der Waals surface area contributed by atoms with Gasteiger partial charge in [-0.25, -0.2) is 0 Å². The molecule has 2 aromatic carbocycles. The van der Waals surface area contributed by atoms with Gasteiger partial charge in [-0.3, -0.25) is 9.98 Å². The number of hydrogen-bond acceptors (Lipinski definition) is 4. The Balaban J connectivity index is 1.51. The van der Waals surface area contributed by atoms with Crippen LogP contribution in [0.15, 0.2) is 77.9 Å². The molecule has 4 aromatic rings. The molecule has 3 atom stereocenters. The fourth-order valence-electron chi connectivity index (χ4n) is 5.31. The predicted octanol–water partition coefficient (Wildman–Crippen LogP) is 6.23. The Labute approximate surface area is 193 Å². The van der Waals surface area contributed by atoms with Gasteiger partial charge >= 0.3 is 0 Å². The standard InChI is InChI=1S/C27H26N4S/c1-17-15-22(19(3)31(17)24-13-8-10-20-9-4-5-11-21(20)24)26-25(23-12-6-7-14-28-23)29-27-30(26)16-18(2)32-27/h4-15,18,25-26H,16H2,1-3H3/t18-,25+,26-/m0/s1. The quantitative estimate of drug-likeness (QED) is 0.380. The molecule has 160 valence electrons. The third-order valence-electron chi connectivity index (χ3n) is 6.68. The lowest BCUT2D eigenvalue weighted by molar-refractivity contribution is 0.320. The van der Waals surface area contributed by atoms with Crippen LogP contribution in [0.2, 0.25) is 0 Å². The minimum Gasteiger partial charge on any atom is -0.341 e. The van der Waals surface area contributed by atoms with Gasteiger partial charge in [0, 0.05) is 34.8 Å². The maximum atomic E-state index is 5.17. The summed E-state index contributed by atoms with van der Waals surface area (Å²) in [7, 11) is 0. The number of amidine groups is 1. The number of aryl methyl sites for hydroxylation is 1. The minimum absolute atomic E-state index is 0.0210. The second-order valence-corrected chi connectivity index (χ2v) is 10.2. The van der Waals surface area contributed by atoms with E-state index in [9.17, 15) is 0 Å². The lowest BCUT2D eigenvalue weighted by atomic mass is 9.96. The second kappa shape index (κ2) is 7.52. The maximum absolute atomic E-state index is 5.17. The third-order valence-corrected chi connectivity index (χ3v) is 7.78. The van der Waals surface area contributed by atoms with Crippen LogP contribution in [0, 0.1) is 13.8 Å². The Morgan fingerprint density at radius 2 is 1.78 bits per heavy atom. The van der Waals surface area contributed by atoms with Crippen molar-refractivity contribution < 1.29 is 0 Å². The fourth-order valence-corrected chi connectivity index (χ4v) is 6.41. The van der Waals surface area contributed by atoms with E-state index in [1.165, 1.54) is 33.4 Å². The van der Waals surface area contributed by atoms with Gasteiger partial charge in [0.2, 0.25) is 0 Å². The number of aliphatic imine (C=N–C) groups is 1. The molecular weight excluding hydrogens is 412 g/mol. The Kier molecular flexibility index (Phi) is 4.61. The number of nitrogens with zero attached hydrogens (tertiary/aromatic N) is 4. The van der Waals surface area contributed by atoms with Crippen molar-refractivity contribution in [3.05, 3.63) is 95.6 Å². The van der Waals surface area contributed by atoms with Gasteiger partial charge in [0.05, 0.1) is 17.4 Å². The molecule has 0 amide bonds. The average Bonchev–Trinajstić information content (AvgIpc) is 3.43. The average molecular weight is 439 g/mol. The van der Waals surface area contributed by atoms with Crippen molar-refractivity contribution >= 4 is 27.7 Å². The van der Waals surface area contributed by atoms with Crippen molar-refractivity contribution in [1.82, 2.24) is 14.5 Å². The molecule has 6 rings (SSSR count). The Bertz CT molecular complexity index is 1340. The topological polar surface area (TPSA) is 33.4 Å². The zero-order chi connectivity index (χ0) is 21.8.